The Morgan fingerprint density at radius 2 is 1.70 bits per heavy atom. The van der Waals surface area contributed by atoms with E-state index in [0.29, 0.717) is 5.56 Å². The molecule has 20 heavy (non-hydrogen) atoms. The van der Waals surface area contributed by atoms with E-state index in [4.69, 9.17) is 4.74 Å². The van der Waals surface area contributed by atoms with E-state index in [2.05, 4.69) is 6.58 Å². The Hall–Kier alpha value is -1.72. The first kappa shape index (κ1) is 16.3. The van der Waals surface area contributed by atoms with Gasteiger partial charge in [-0.15, -0.1) is 0 Å². The van der Waals surface area contributed by atoms with Crippen molar-refractivity contribution in [3.63, 3.8) is 0 Å². The van der Waals surface area contributed by atoms with E-state index in [1.165, 1.54) is 39.0 Å². The van der Waals surface area contributed by atoms with Crippen LogP contribution in [0.2, 0.25) is 0 Å². The minimum Gasteiger partial charge on any atom is -0.423 e. The van der Waals surface area contributed by atoms with Crippen molar-refractivity contribution in [3.8, 4) is 5.75 Å². The SMILES string of the molecule is C=C(C)C(=O)Oc1cc(C(C)(C)O)cc(C(C)(O)F)c1. The topological polar surface area (TPSA) is 66.8 Å². The van der Waals surface area contributed by atoms with Gasteiger partial charge in [0, 0.05) is 11.1 Å². The molecule has 4 nitrogen and oxygen atoms in total. The number of hydrogen-bond donors (Lipinski definition) is 2. The van der Waals surface area contributed by atoms with Gasteiger partial charge in [-0.2, -0.15) is 0 Å². The molecule has 0 bridgehead atoms. The minimum absolute atomic E-state index is 0.0329. The first-order chi connectivity index (χ1) is 8.91. The highest BCUT2D eigenvalue weighted by molar-refractivity contribution is 5.88. The van der Waals surface area contributed by atoms with Gasteiger partial charge in [-0.25, -0.2) is 9.18 Å². The van der Waals surface area contributed by atoms with Crippen LogP contribution in [0.4, 0.5) is 4.39 Å². The highest BCUT2D eigenvalue weighted by atomic mass is 19.2. The first-order valence-electron chi connectivity index (χ1n) is 6.08. The minimum atomic E-state index is -2.61. The number of halogens is 1. The van der Waals surface area contributed by atoms with Crippen LogP contribution < -0.4 is 4.74 Å². The van der Waals surface area contributed by atoms with Crippen molar-refractivity contribution in [2.45, 2.75) is 39.2 Å². The largest absolute Gasteiger partial charge is 0.423 e. The van der Waals surface area contributed by atoms with Crippen LogP contribution in [0.25, 0.3) is 0 Å². The number of esters is 1. The summed E-state index contributed by atoms with van der Waals surface area (Å²) in [6, 6.07) is 3.93. The normalized spacial score (nSPS) is 14.6. The van der Waals surface area contributed by atoms with Crippen LogP contribution in [-0.2, 0) is 16.3 Å². The maximum absolute atomic E-state index is 13.7. The number of benzene rings is 1. The maximum Gasteiger partial charge on any atom is 0.338 e. The monoisotopic (exact) mass is 282 g/mol. The second-order valence-electron chi connectivity index (χ2n) is 5.43. The Morgan fingerprint density at radius 1 is 1.20 bits per heavy atom. The second-order valence-corrected chi connectivity index (χ2v) is 5.43. The number of alkyl halides is 1. The molecule has 0 aliphatic rings. The third kappa shape index (κ3) is 4.15. The zero-order valence-corrected chi connectivity index (χ0v) is 12.0. The quantitative estimate of drug-likeness (QED) is 0.506. The van der Waals surface area contributed by atoms with E-state index >= 15 is 0 Å². The molecule has 0 saturated heterocycles. The molecule has 2 N–H and O–H groups in total. The summed E-state index contributed by atoms with van der Waals surface area (Å²) >= 11 is 0. The van der Waals surface area contributed by atoms with Crippen molar-refractivity contribution in [1.29, 1.82) is 0 Å². The maximum atomic E-state index is 13.7. The molecular weight excluding hydrogens is 263 g/mol. The predicted octanol–water partition coefficient (Wildman–Crippen LogP) is 2.53. The van der Waals surface area contributed by atoms with Gasteiger partial charge in [0.25, 0.3) is 0 Å². The molecule has 1 atom stereocenters. The zero-order chi connectivity index (χ0) is 15.7. The Kier molecular flexibility index (Phi) is 4.36. The summed E-state index contributed by atoms with van der Waals surface area (Å²) < 4.78 is 18.7. The summed E-state index contributed by atoms with van der Waals surface area (Å²) in [5, 5.41) is 19.4. The summed E-state index contributed by atoms with van der Waals surface area (Å²) in [4.78, 5) is 11.5. The van der Waals surface area contributed by atoms with Crippen molar-refractivity contribution in [3.05, 3.63) is 41.5 Å². The van der Waals surface area contributed by atoms with Crippen LogP contribution in [-0.4, -0.2) is 16.2 Å². The van der Waals surface area contributed by atoms with Crippen LogP contribution in [0.5, 0.6) is 5.75 Å². The Balaban J connectivity index is 3.31. The second kappa shape index (κ2) is 5.34. The van der Waals surface area contributed by atoms with Crippen molar-refractivity contribution >= 4 is 5.97 Å². The molecule has 5 heteroatoms. The van der Waals surface area contributed by atoms with Gasteiger partial charge in [0.05, 0.1) is 5.60 Å². The lowest BCUT2D eigenvalue weighted by atomic mass is 9.94. The molecule has 1 aromatic rings. The summed E-state index contributed by atoms with van der Waals surface area (Å²) in [6.07, 6.45) is 0. The van der Waals surface area contributed by atoms with Crippen LogP contribution in [0, 0.1) is 0 Å². The number of ether oxygens (including phenoxy) is 1. The fraction of sp³-hybridized carbons (Fsp3) is 0.400. The number of carbonyl (C=O) groups excluding carboxylic acids is 1. The third-order valence-corrected chi connectivity index (χ3v) is 2.70. The van der Waals surface area contributed by atoms with Gasteiger partial charge in [0.15, 0.2) is 0 Å². The molecule has 0 fully saturated rings. The molecule has 0 aliphatic carbocycles. The molecule has 0 amide bonds. The molecule has 0 aliphatic heterocycles. The van der Waals surface area contributed by atoms with Crippen LogP contribution in [0.3, 0.4) is 0 Å². The smallest absolute Gasteiger partial charge is 0.338 e. The van der Waals surface area contributed by atoms with Crippen molar-refractivity contribution in [1.82, 2.24) is 0 Å². The summed E-state index contributed by atoms with van der Waals surface area (Å²) in [7, 11) is 0. The van der Waals surface area contributed by atoms with E-state index in [1.54, 1.807) is 0 Å². The highest BCUT2D eigenvalue weighted by Crippen LogP contribution is 2.32. The Bertz CT molecular complexity index is 504. The van der Waals surface area contributed by atoms with Gasteiger partial charge in [-0.3, -0.25) is 0 Å². The lowest BCUT2D eigenvalue weighted by Crippen LogP contribution is -2.20. The van der Waals surface area contributed by atoms with Gasteiger partial charge in [0.1, 0.15) is 5.75 Å². The number of aliphatic hydroxyl groups is 2. The van der Waals surface area contributed by atoms with Crippen LogP contribution >= 0.6 is 0 Å². The molecule has 1 unspecified atom stereocenters. The van der Waals surface area contributed by atoms with Gasteiger partial charge in [-0.1, -0.05) is 6.58 Å². The van der Waals surface area contributed by atoms with Crippen molar-refractivity contribution < 1.29 is 24.1 Å². The standard InChI is InChI=1S/C15H19FO4/c1-9(2)13(17)20-12-7-10(14(3,4)18)6-11(8-12)15(5,16)19/h6-8,18-19H,1H2,2-5H3. The van der Waals surface area contributed by atoms with Crippen molar-refractivity contribution in [2.75, 3.05) is 0 Å². The molecule has 1 aromatic carbocycles. The number of hydrogen-bond acceptors (Lipinski definition) is 4. The summed E-state index contributed by atoms with van der Waals surface area (Å²) in [6.45, 7) is 8.89. The average Bonchev–Trinajstić information content (AvgIpc) is 2.26. The van der Waals surface area contributed by atoms with E-state index in [1.807, 2.05) is 0 Å². The van der Waals surface area contributed by atoms with E-state index in [-0.39, 0.29) is 16.9 Å². The molecule has 0 aromatic heterocycles. The third-order valence-electron chi connectivity index (χ3n) is 2.70. The fourth-order valence-electron chi connectivity index (χ4n) is 1.47. The molecule has 1 rings (SSSR count). The molecule has 0 radical (unpaired) electrons. The first-order valence-corrected chi connectivity index (χ1v) is 6.08. The zero-order valence-electron chi connectivity index (χ0n) is 12.0. The van der Waals surface area contributed by atoms with Crippen LogP contribution in [0.15, 0.2) is 30.4 Å². The van der Waals surface area contributed by atoms with Gasteiger partial charge < -0.3 is 14.9 Å². The summed E-state index contributed by atoms with van der Waals surface area (Å²) in [5.74, 6) is -3.24. The molecule has 0 spiro atoms. The lowest BCUT2D eigenvalue weighted by molar-refractivity contribution is -0.130. The molecule has 110 valence electrons. The summed E-state index contributed by atoms with van der Waals surface area (Å²) in [5.41, 5.74) is -0.877. The van der Waals surface area contributed by atoms with Crippen molar-refractivity contribution in [2.24, 2.45) is 0 Å². The van der Waals surface area contributed by atoms with E-state index in [0.717, 1.165) is 6.92 Å². The van der Waals surface area contributed by atoms with Gasteiger partial charge in [0.2, 0.25) is 5.85 Å². The number of carbonyl (C=O) groups is 1. The average molecular weight is 282 g/mol. The highest BCUT2D eigenvalue weighted by Gasteiger charge is 2.26. The molecular formula is C15H19FO4. The predicted molar refractivity (Wildman–Crippen MR) is 72.8 cm³/mol. The Labute approximate surface area is 117 Å². The van der Waals surface area contributed by atoms with E-state index in [9.17, 15) is 19.4 Å². The van der Waals surface area contributed by atoms with Gasteiger partial charge in [-0.05, 0) is 51.5 Å². The van der Waals surface area contributed by atoms with Crippen LogP contribution in [0.1, 0.15) is 38.8 Å². The molecule has 0 heterocycles. The van der Waals surface area contributed by atoms with Gasteiger partial charge >= 0.3 is 5.97 Å². The lowest BCUT2D eigenvalue weighted by Gasteiger charge is -2.22. The Morgan fingerprint density at radius 3 is 2.10 bits per heavy atom. The number of rotatable bonds is 4. The van der Waals surface area contributed by atoms with E-state index < -0.39 is 17.4 Å². The molecule has 0 saturated carbocycles. The fourth-order valence-corrected chi connectivity index (χ4v) is 1.47.